The molecule has 2 aromatic rings. The third-order valence-corrected chi connectivity index (χ3v) is 2.99. The zero-order chi connectivity index (χ0) is 17.0. The van der Waals surface area contributed by atoms with E-state index in [1.807, 2.05) is 0 Å². The molecule has 23 heavy (non-hydrogen) atoms. The topological polar surface area (TPSA) is 98.5 Å². The van der Waals surface area contributed by atoms with Gasteiger partial charge in [-0.2, -0.15) is 4.39 Å². The number of benzene rings is 2. The maximum Gasteiger partial charge on any atom is 0.339 e. The Hall–Kier alpha value is -3.29. The molecule has 0 unspecified atom stereocenters. The number of nitrogens with zero attached hydrogens (tertiary/aromatic N) is 1. The van der Waals surface area contributed by atoms with Crippen LogP contribution in [0.1, 0.15) is 20.7 Å². The van der Waals surface area contributed by atoms with Crippen LogP contribution in [-0.2, 0) is 4.74 Å². The summed E-state index contributed by atoms with van der Waals surface area (Å²) in [6, 6.07) is 8.87. The molecular formula is C15H11FN2O5. The fourth-order valence-corrected chi connectivity index (χ4v) is 1.87. The van der Waals surface area contributed by atoms with E-state index in [-0.39, 0.29) is 16.8 Å². The van der Waals surface area contributed by atoms with Crippen molar-refractivity contribution in [2.45, 2.75) is 0 Å². The quantitative estimate of drug-likeness (QED) is 0.531. The minimum absolute atomic E-state index is 0.113. The number of methoxy groups -OCH3 is 1. The molecule has 0 radical (unpaired) electrons. The molecule has 0 bridgehead atoms. The molecule has 0 aliphatic heterocycles. The highest BCUT2D eigenvalue weighted by atomic mass is 19.1. The van der Waals surface area contributed by atoms with Gasteiger partial charge in [-0.1, -0.05) is 12.1 Å². The number of hydrogen-bond donors (Lipinski definition) is 1. The van der Waals surface area contributed by atoms with Gasteiger partial charge in [-0.3, -0.25) is 14.9 Å². The van der Waals surface area contributed by atoms with E-state index in [0.29, 0.717) is 0 Å². The van der Waals surface area contributed by atoms with Crippen LogP contribution in [0.25, 0.3) is 0 Å². The molecule has 118 valence electrons. The first-order valence-corrected chi connectivity index (χ1v) is 6.36. The van der Waals surface area contributed by atoms with Crippen LogP contribution in [0.15, 0.2) is 42.5 Å². The second-order valence-corrected chi connectivity index (χ2v) is 4.41. The summed E-state index contributed by atoms with van der Waals surface area (Å²) in [5.74, 6) is -2.41. The molecule has 2 rings (SSSR count). The molecule has 0 fully saturated rings. The third kappa shape index (κ3) is 3.49. The van der Waals surface area contributed by atoms with E-state index in [0.717, 1.165) is 18.2 Å². The number of carbonyl (C=O) groups excluding carboxylic acids is 2. The van der Waals surface area contributed by atoms with E-state index < -0.39 is 28.3 Å². The number of nitro groups is 1. The van der Waals surface area contributed by atoms with Gasteiger partial charge in [0.1, 0.15) is 0 Å². The Kier molecular flexibility index (Phi) is 4.65. The highest BCUT2D eigenvalue weighted by Crippen LogP contribution is 2.21. The molecule has 8 heteroatoms. The average molecular weight is 318 g/mol. The first-order chi connectivity index (χ1) is 10.9. The number of rotatable bonds is 4. The van der Waals surface area contributed by atoms with Crippen LogP contribution < -0.4 is 5.32 Å². The van der Waals surface area contributed by atoms with Crippen LogP contribution in [0, 0.1) is 15.9 Å². The van der Waals surface area contributed by atoms with E-state index in [1.165, 1.54) is 19.2 Å². The Morgan fingerprint density at radius 1 is 1.22 bits per heavy atom. The molecular weight excluding hydrogens is 307 g/mol. The van der Waals surface area contributed by atoms with Gasteiger partial charge in [0.25, 0.3) is 5.91 Å². The summed E-state index contributed by atoms with van der Waals surface area (Å²) in [7, 11) is 1.20. The Morgan fingerprint density at radius 3 is 2.57 bits per heavy atom. The van der Waals surface area contributed by atoms with Crippen molar-refractivity contribution in [3.63, 3.8) is 0 Å². The van der Waals surface area contributed by atoms with Crippen LogP contribution >= 0.6 is 0 Å². The van der Waals surface area contributed by atoms with Crippen molar-refractivity contribution in [3.8, 4) is 0 Å². The predicted octanol–water partition coefficient (Wildman–Crippen LogP) is 2.77. The lowest BCUT2D eigenvalue weighted by molar-refractivity contribution is -0.387. The molecule has 1 N–H and O–H groups in total. The monoisotopic (exact) mass is 318 g/mol. The highest BCUT2D eigenvalue weighted by molar-refractivity contribution is 6.08. The lowest BCUT2D eigenvalue weighted by Crippen LogP contribution is -2.15. The van der Waals surface area contributed by atoms with Gasteiger partial charge >= 0.3 is 11.7 Å². The van der Waals surface area contributed by atoms with Gasteiger partial charge in [-0.25, -0.2) is 4.79 Å². The number of ether oxygens (including phenoxy) is 1. The van der Waals surface area contributed by atoms with Crippen molar-refractivity contribution in [2.24, 2.45) is 0 Å². The Balaban J connectivity index is 2.32. The molecule has 0 atom stereocenters. The number of amides is 1. The first-order valence-electron chi connectivity index (χ1n) is 6.36. The summed E-state index contributed by atoms with van der Waals surface area (Å²) in [4.78, 5) is 33.6. The molecule has 0 aliphatic carbocycles. The largest absolute Gasteiger partial charge is 0.465 e. The summed E-state index contributed by atoms with van der Waals surface area (Å²) >= 11 is 0. The molecule has 0 aromatic heterocycles. The van der Waals surface area contributed by atoms with Gasteiger partial charge in [-0.15, -0.1) is 0 Å². The number of esters is 1. The van der Waals surface area contributed by atoms with Gasteiger partial charge in [0.05, 0.1) is 23.3 Å². The molecule has 2 aromatic carbocycles. The van der Waals surface area contributed by atoms with E-state index in [2.05, 4.69) is 10.1 Å². The smallest absolute Gasteiger partial charge is 0.339 e. The van der Waals surface area contributed by atoms with Gasteiger partial charge in [0.2, 0.25) is 5.82 Å². The maximum atomic E-state index is 13.3. The van der Waals surface area contributed by atoms with Gasteiger partial charge in [0, 0.05) is 11.6 Å². The van der Waals surface area contributed by atoms with Gasteiger partial charge in [-0.05, 0) is 24.3 Å². The van der Waals surface area contributed by atoms with E-state index >= 15 is 0 Å². The lowest BCUT2D eigenvalue weighted by atomic mass is 10.1. The number of para-hydroxylation sites is 1. The molecule has 1 amide bonds. The van der Waals surface area contributed by atoms with Crippen LogP contribution in [0.5, 0.6) is 0 Å². The summed E-state index contributed by atoms with van der Waals surface area (Å²) < 4.78 is 17.9. The molecule has 0 spiro atoms. The van der Waals surface area contributed by atoms with Gasteiger partial charge in [0.15, 0.2) is 0 Å². The minimum atomic E-state index is -1.04. The molecule has 0 saturated heterocycles. The molecule has 7 nitrogen and oxygen atoms in total. The second kappa shape index (κ2) is 6.65. The van der Waals surface area contributed by atoms with E-state index in [1.54, 1.807) is 12.1 Å². The fraction of sp³-hybridized carbons (Fsp3) is 0.0667. The summed E-state index contributed by atoms with van der Waals surface area (Å²) in [6.45, 7) is 0. The minimum Gasteiger partial charge on any atom is -0.465 e. The van der Waals surface area contributed by atoms with Crippen molar-refractivity contribution >= 4 is 23.3 Å². The number of nitrogens with one attached hydrogen (secondary N) is 1. The number of halogens is 1. The standard InChI is InChI=1S/C15H11FN2O5/c1-23-15(20)10-4-2-3-5-12(10)17-14(19)9-6-7-11(16)13(8-9)18(21)22/h2-8H,1H3,(H,17,19). The summed E-state index contributed by atoms with van der Waals surface area (Å²) in [5.41, 5.74) is -0.618. The summed E-state index contributed by atoms with van der Waals surface area (Å²) in [6.07, 6.45) is 0. The Morgan fingerprint density at radius 2 is 1.91 bits per heavy atom. The second-order valence-electron chi connectivity index (χ2n) is 4.41. The zero-order valence-corrected chi connectivity index (χ0v) is 11.9. The van der Waals surface area contributed by atoms with Crippen LogP contribution in [-0.4, -0.2) is 23.9 Å². The first kappa shape index (κ1) is 16.1. The van der Waals surface area contributed by atoms with Crippen molar-refractivity contribution in [2.75, 3.05) is 12.4 Å². The fourth-order valence-electron chi connectivity index (χ4n) is 1.87. The van der Waals surface area contributed by atoms with Crippen molar-refractivity contribution in [3.05, 3.63) is 69.5 Å². The maximum absolute atomic E-state index is 13.3. The third-order valence-electron chi connectivity index (χ3n) is 2.99. The van der Waals surface area contributed by atoms with Crippen molar-refractivity contribution in [1.82, 2.24) is 0 Å². The number of hydrogen-bond acceptors (Lipinski definition) is 5. The Labute approximate surface area is 129 Å². The summed E-state index contributed by atoms with van der Waals surface area (Å²) in [5, 5.41) is 13.2. The van der Waals surface area contributed by atoms with E-state index in [4.69, 9.17) is 0 Å². The molecule has 0 aliphatic rings. The predicted molar refractivity (Wildman–Crippen MR) is 78.8 cm³/mol. The van der Waals surface area contributed by atoms with Crippen LogP contribution in [0.2, 0.25) is 0 Å². The number of nitro benzene ring substituents is 1. The highest BCUT2D eigenvalue weighted by Gasteiger charge is 2.19. The van der Waals surface area contributed by atoms with Gasteiger partial charge < -0.3 is 10.1 Å². The number of carbonyl (C=O) groups is 2. The number of anilines is 1. The van der Waals surface area contributed by atoms with Crippen LogP contribution in [0.4, 0.5) is 15.8 Å². The molecule has 0 heterocycles. The van der Waals surface area contributed by atoms with E-state index in [9.17, 15) is 24.1 Å². The zero-order valence-electron chi connectivity index (χ0n) is 11.9. The lowest BCUT2D eigenvalue weighted by Gasteiger charge is -2.09. The normalized spacial score (nSPS) is 10.0. The SMILES string of the molecule is COC(=O)c1ccccc1NC(=O)c1ccc(F)c([N+](=O)[O-])c1. The van der Waals surface area contributed by atoms with Crippen molar-refractivity contribution in [1.29, 1.82) is 0 Å². The van der Waals surface area contributed by atoms with Crippen molar-refractivity contribution < 1.29 is 23.6 Å². The molecule has 0 saturated carbocycles. The van der Waals surface area contributed by atoms with Crippen LogP contribution in [0.3, 0.4) is 0 Å². The average Bonchev–Trinajstić information content (AvgIpc) is 2.54. The Bertz CT molecular complexity index is 791.